The van der Waals surface area contributed by atoms with Gasteiger partial charge in [-0.1, -0.05) is 13.5 Å². The highest BCUT2D eigenvalue weighted by molar-refractivity contribution is 6.28. The second-order valence-electron chi connectivity index (χ2n) is 3.37. The molecule has 2 heterocycles. The summed E-state index contributed by atoms with van der Waals surface area (Å²) in [6.07, 6.45) is 6.22. The Kier molecular flexibility index (Phi) is 8.15. The van der Waals surface area contributed by atoms with Crippen molar-refractivity contribution in [2.24, 2.45) is 0 Å². The fourth-order valence-corrected chi connectivity index (χ4v) is 1.04. The summed E-state index contributed by atoms with van der Waals surface area (Å²) in [6.45, 7) is 3.77. The first-order valence-corrected chi connectivity index (χ1v) is 5.64. The Bertz CT molecular complexity index is 520. The molecule has 108 valence electrons. The van der Waals surface area contributed by atoms with Crippen molar-refractivity contribution in [1.29, 1.82) is 0 Å². The Morgan fingerprint density at radius 2 is 1.40 bits per heavy atom. The van der Waals surface area contributed by atoms with Crippen molar-refractivity contribution in [2.45, 2.75) is 21.3 Å². The van der Waals surface area contributed by atoms with Crippen molar-refractivity contribution in [3.05, 3.63) is 53.6 Å². The van der Waals surface area contributed by atoms with Crippen LogP contribution in [0.1, 0.15) is 27.1 Å². The normalized spacial score (nSPS) is 10.2. The molecule has 0 aromatic carbocycles. The van der Waals surface area contributed by atoms with E-state index in [-0.39, 0.29) is 12.7 Å². The summed E-state index contributed by atoms with van der Waals surface area (Å²) in [6, 6.07) is 0. The van der Waals surface area contributed by atoms with Crippen LogP contribution in [0.5, 0.6) is 0 Å². The van der Waals surface area contributed by atoms with Gasteiger partial charge in [-0.2, -0.15) is 0 Å². The molecule has 2 aromatic heterocycles. The zero-order valence-electron chi connectivity index (χ0n) is 10.3. The quantitative estimate of drug-likeness (QED) is 0.748. The van der Waals surface area contributed by atoms with Crippen LogP contribution in [0.2, 0.25) is 5.28 Å². The van der Waals surface area contributed by atoms with Gasteiger partial charge in [-0.3, -0.25) is 0 Å². The maximum Gasteiger partial charge on any atom is 0.222 e. The molecule has 0 atom stereocenters. The third-order valence-corrected chi connectivity index (χ3v) is 2.19. The lowest BCUT2D eigenvalue weighted by Gasteiger charge is -1.95. The Morgan fingerprint density at radius 1 is 1.00 bits per heavy atom. The van der Waals surface area contributed by atoms with Gasteiger partial charge in [0.2, 0.25) is 5.28 Å². The monoisotopic (exact) mass is 300 g/mol. The topological polar surface area (TPSA) is 51.6 Å². The lowest BCUT2D eigenvalue weighted by molar-refractivity contribution is 0.612. The molecule has 0 amide bonds. The van der Waals surface area contributed by atoms with Gasteiger partial charge in [0.25, 0.3) is 0 Å². The molecule has 7 heteroatoms. The molecular weight excluding hydrogens is 286 g/mol. The SMILES string of the molecule is C.C/C=C(\C)c1ncc(F)cn1.Fc1cnc(Cl)nc1. The van der Waals surface area contributed by atoms with Crippen molar-refractivity contribution in [3.8, 4) is 0 Å². The molecule has 0 bridgehead atoms. The number of rotatable bonds is 1. The third kappa shape index (κ3) is 6.29. The van der Waals surface area contributed by atoms with Crippen LogP contribution in [-0.2, 0) is 0 Å². The first-order valence-electron chi connectivity index (χ1n) is 5.26. The number of hydrogen-bond acceptors (Lipinski definition) is 4. The summed E-state index contributed by atoms with van der Waals surface area (Å²) in [5, 5.41) is 0.0615. The van der Waals surface area contributed by atoms with E-state index in [1.165, 1.54) is 0 Å². The van der Waals surface area contributed by atoms with Crippen LogP contribution < -0.4 is 0 Å². The highest BCUT2D eigenvalue weighted by atomic mass is 35.5. The van der Waals surface area contributed by atoms with Gasteiger partial charge in [0.1, 0.15) is 0 Å². The molecule has 0 spiro atoms. The molecule has 0 aliphatic rings. The Labute approximate surface area is 121 Å². The van der Waals surface area contributed by atoms with E-state index in [2.05, 4.69) is 19.9 Å². The molecule has 4 nitrogen and oxygen atoms in total. The van der Waals surface area contributed by atoms with Crippen molar-refractivity contribution >= 4 is 17.2 Å². The summed E-state index contributed by atoms with van der Waals surface area (Å²) < 4.78 is 24.2. The lowest BCUT2D eigenvalue weighted by atomic mass is 10.3. The first kappa shape index (κ1) is 18.0. The molecule has 0 fully saturated rings. The van der Waals surface area contributed by atoms with E-state index in [0.29, 0.717) is 5.82 Å². The minimum Gasteiger partial charge on any atom is -0.234 e. The van der Waals surface area contributed by atoms with Crippen LogP contribution in [-0.4, -0.2) is 19.9 Å². The molecule has 0 aliphatic carbocycles. The van der Waals surface area contributed by atoms with E-state index in [4.69, 9.17) is 11.6 Å². The zero-order valence-corrected chi connectivity index (χ0v) is 11.1. The van der Waals surface area contributed by atoms with E-state index >= 15 is 0 Å². The molecule has 2 rings (SSSR count). The Morgan fingerprint density at radius 3 is 1.75 bits per heavy atom. The van der Waals surface area contributed by atoms with Crippen molar-refractivity contribution in [2.75, 3.05) is 0 Å². The van der Waals surface area contributed by atoms with Gasteiger partial charge in [0.15, 0.2) is 17.5 Å². The van der Waals surface area contributed by atoms with Gasteiger partial charge in [-0.15, -0.1) is 0 Å². The lowest BCUT2D eigenvalue weighted by Crippen LogP contribution is -1.91. The summed E-state index contributed by atoms with van der Waals surface area (Å²) in [7, 11) is 0. The van der Waals surface area contributed by atoms with E-state index in [1.807, 2.05) is 19.9 Å². The van der Waals surface area contributed by atoms with Crippen LogP contribution in [0.4, 0.5) is 8.78 Å². The van der Waals surface area contributed by atoms with E-state index in [9.17, 15) is 8.78 Å². The fourth-order valence-electron chi connectivity index (χ4n) is 0.942. The van der Waals surface area contributed by atoms with Crippen LogP contribution >= 0.6 is 11.6 Å². The van der Waals surface area contributed by atoms with Gasteiger partial charge in [0, 0.05) is 0 Å². The second-order valence-corrected chi connectivity index (χ2v) is 3.70. The Balaban J connectivity index is 0.000000359. The molecular formula is C13H15ClF2N4. The highest BCUT2D eigenvalue weighted by Gasteiger charge is 1.96. The minimum atomic E-state index is -0.477. The van der Waals surface area contributed by atoms with Crippen LogP contribution in [0.3, 0.4) is 0 Å². The van der Waals surface area contributed by atoms with E-state index < -0.39 is 11.6 Å². The number of allylic oxidation sites excluding steroid dienone is 2. The smallest absolute Gasteiger partial charge is 0.222 e. The fraction of sp³-hybridized carbons (Fsp3) is 0.231. The Hall–Kier alpha value is -1.95. The van der Waals surface area contributed by atoms with Crippen LogP contribution in [0, 0.1) is 11.6 Å². The van der Waals surface area contributed by atoms with Crippen LogP contribution in [0.15, 0.2) is 30.9 Å². The van der Waals surface area contributed by atoms with Gasteiger partial charge >= 0.3 is 0 Å². The molecule has 0 N–H and O–H groups in total. The largest absolute Gasteiger partial charge is 0.234 e. The standard InChI is InChI=1S/C8H9FN2.C4H2ClFN2.CH4/c1-3-6(2)8-10-4-7(9)5-11-8;5-4-7-1-3(6)2-8-4;/h3-5H,1-2H3;1-2H;1H4/b6-3+;;. The van der Waals surface area contributed by atoms with E-state index in [0.717, 1.165) is 30.4 Å². The summed E-state index contributed by atoms with van der Waals surface area (Å²) in [5.41, 5.74) is 0.949. The van der Waals surface area contributed by atoms with Gasteiger partial charge < -0.3 is 0 Å². The summed E-state index contributed by atoms with van der Waals surface area (Å²) in [5.74, 6) is -0.305. The summed E-state index contributed by atoms with van der Waals surface area (Å²) >= 11 is 5.22. The van der Waals surface area contributed by atoms with Crippen molar-refractivity contribution < 1.29 is 8.78 Å². The van der Waals surface area contributed by atoms with Crippen LogP contribution in [0.25, 0.3) is 5.57 Å². The second kappa shape index (κ2) is 9.03. The van der Waals surface area contributed by atoms with E-state index in [1.54, 1.807) is 0 Å². The number of halogens is 3. The first-order chi connectivity index (χ1) is 9.02. The number of hydrogen-bond donors (Lipinski definition) is 0. The predicted molar refractivity (Wildman–Crippen MR) is 75.0 cm³/mol. The number of aromatic nitrogens is 4. The molecule has 0 radical (unpaired) electrons. The maximum atomic E-state index is 12.3. The molecule has 0 saturated heterocycles. The molecule has 0 unspecified atom stereocenters. The average molecular weight is 301 g/mol. The molecule has 0 saturated carbocycles. The molecule has 2 aromatic rings. The van der Waals surface area contributed by atoms with Gasteiger partial charge in [-0.05, 0) is 31.0 Å². The zero-order chi connectivity index (χ0) is 14.3. The van der Waals surface area contributed by atoms with Crippen molar-refractivity contribution in [3.63, 3.8) is 0 Å². The van der Waals surface area contributed by atoms with Gasteiger partial charge in [-0.25, -0.2) is 28.7 Å². The van der Waals surface area contributed by atoms with Gasteiger partial charge in [0.05, 0.1) is 24.8 Å². The number of nitrogens with zero attached hydrogens (tertiary/aromatic N) is 4. The average Bonchev–Trinajstić information content (AvgIpc) is 2.43. The molecule has 0 aliphatic heterocycles. The summed E-state index contributed by atoms with van der Waals surface area (Å²) in [4.78, 5) is 14.3. The maximum absolute atomic E-state index is 12.3. The third-order valence-electron chi connectivity index (χ3n) is 1.99. The predicted octanol–water partition coefficient (Wildman–Crippen LogP) is 3.94. The minimum absolute atomic E-state index is 0. The highest BCUT2D eigenvalue weighted by Crippen LogP contribution is 2.06. The molecule has 20 heavy (non-hydrogen) atoms. The van der Waals surface area contributed by atoms with Crippen molar-refractivity contribution in [1.82, 2.24) is 19.9 Å².